The number of carbonyl (C=O) groups excluding carboxylic acids is 2. The predicted octanol–water partition coefficient (Wildman–Crippen LogP) is 4.04. The van der Waals surface area contributed by atoms with E-state index in [2.05, 4.69) is 15.6 Å². The van der Waals surface area contributed by atoms with Crippen molar-refractivity contribution in [1.82, 2.24) is 20.3 Å². The van der Waals surface area contributed by atoms with Crippen LogP contribution in [-0.4, -0.2) is 53.2 Å². The van der Waals surface area contributed by atoms with Gasteiger partial charge in [-0.2, -0.15) is 0 Å². The fourth-order valence-electron chi connectivity index (χ4n) is 5.44. The molecule has 10 nitrogen and oxygen atoms in total. The number of amides is 2. The van der Waals surface area contributed by atoms with Crippen LogP contribution in [0.25, 0.3) is 11.0 Å². The van der Waals surface area contributed by atoms with Crippen LogP contribution in [0.5, 0.6) is 17.2 Å². The van der Waals surface area contributed by atoms with Gasteiger partial charge in [-0.05, 0) is 54.8 Å². The van der Waals surface area contributed by atoms with Crippen molar-refractivity contribution in [3.63, 3.8) is 0 Å². The van der Waals surface area contributed by atoms with E-state index in [9.17, 15) is 9.59 Å². The number of para-hydroxylation sites is 1. The molecule has 1 aliphatic carbocycles. The second-order valence-electron chi connectivity index (χ2n) is 10.00. The Morgan fingerprint density at radius 3 is 2.65 bits per heavy atom. The number of carbonyl (C=O) groups is 2. The highest BCUT2D eigenvalue weighted by atomic mass is 16.6. The molecule has 1 fully saturated rings. The Labute approximate surface area is 231 Å². The van der Waals surface area contributed by atoms with Crippen molar-refractivity contribution in [3.8, 4) is 17.2 Å². The lowest BCUT2D eigenvalue weighted by Gasteiger charge is -2.33. The number of aromatic nitrogens is 3. The van der Waals surface area contributed by atoms with Crippen LogP contribution in [0.1, 0.15) is 37.3 Å². The number of anilines is 1. The summed E-state index contributed by atoms with van der Waals surface area (Å²) in [7, 11) is 1.58. The van der Waals surface area contributed by atoms with Crippen LogP contribution in [0.2, 0.25) is 0 Å². The van der Waals surface area contributed by atoms with Gasteiger partial charge >= 0.3 is 0 Å². The highest BCUT2D eigenvalue weighted by molar-refractivity contribution is 6.02. The third-order valence-electron chi connectivity index (χ3n) is 7.40. The Balaban J connectivity index is 1.45. The van der Waals surface area contributed by atoms with Crippen molar-refractivity contribution >= 4 is 28.5 Å². The molecule has 2 heterocycles. The molecule has 2 aliphatic rings. The zero-order valence-electron chi connectivity index (χ0n) is 22.3. The fourth-order valence-corrected chi connectivity index (χ4v) is 5.44. The average Bonchev–Trinajstić information content (AvgIpc) is 3.65. The number of hydrogen-bond donors (Lipinski definition) is 1. The molecule has 1 aliphatic heterocycles. The lowest BCUT2D eigenvalue weighted by Crippen LogP contribution is -2.47. The van der Waals surface area contributed by atoms with Gasteiger partial charge in [-0.3, -0.25) is 14.5 Å². The number of ether oxygens (including phenoxy) is 3. The molecule has 1 saturated carbocycles. The summed E-state index contributed by atoms with van der Waals surface area (Å²) in [6.45, 7) is 0.730. The van der Waals surface area contributed by atoms with Crippen LogP contribution < -0.4 is 24.4 Å². The molecular weight excluding hydrogens is 510 g/mol. The molecule has 0 unspecified atom stereocenters. The van der Waals surface area contributed by atoms with Gasteiger partial charge in [0.05, 0.1) is 12.6 Å². The summed E-state index contributed by atoms with van der Waals surface area (Å²) in [5.41, 5.74) is 2.55. The fraction of sp³-hybridized carbons (Fsp3) is 0.333. The van der Waals surface area contributed by atoms with Crippen LogP contribution in [0.3, 0.4) is 0 Å². The van der Waals surface area contributed by atoms with Gasteiger partial charge in [-0.1, -0.05) is 42.3 Å². The SMILES string of the molecule is COc1cccc([C@H](C(=O)NC2CCCC2)N(C(=O)Cn2nnc3ccccc32)c2ccc3c(c2)OCCO3)c1. The number of rotatable bonds is 8. The molecule has 206 valence electrons. The smallest absolute Gasteiger partial charge is 0.249 e. The van der Waals surface area contributed by atoms with E-state index in [1.165, 1.54) is 4.90 Å². The Kier molecular flexibility index (Phi) is 7.22. The highest BCUT2D eigenvalue weighted by Crippen LogP contribution is 2.38. The lowest BCUT2D eigenvalue weighted by atomic mass is 10.0. The predicted molar refractivity (Wildman–Crippen MR) is 149 cm³/mol. The van der Waals surface area contributed by atoms with Crippen LogP contribution in [-0.2, 0) is 16.1 Å². The molecule has 0 saturated heterocycles. The normalized spacial score (nSPS) is 15.5. The highest BCUT2D eigenvalue weighted by Gasteiger charge is 2.35. The van der Waals surface area contributed by atoms with E-state index in [1.807, 2.05) is 42.5 Å². The molecule has 3 aromatic carbocycles. The summed E-state index contributed by atoms with van der Waals surface area (Å²) in [6.07, 6.45) is 3.97. The minimum atomic E-state index is -0.972. The summed E-state index contributed by atoms with van der Waals surface area (Å²) in [5.74, 6) is 1.12. The van der Waals surface area contributed by atoms with E-state index in [1.54, 1.807) is 36.1 Å². The second-order valence-corrected chi connectivity index (χ2v) is 10.00. The molecular formula is C30H31N5O5. The summed E-state index contributed by atoms with van der Waals surface area (Å²) in [4.78, 5) is 29.9. The molecule has 1 N–H and O–H groups in total. The number of fused-ring (bicyclic) bond motifs is 2. The third kappa shape index (κ3) is 5.16. The maximum atomic E-state index is 14.3. The molecule has 1 atom stereocenters. The standard InChI is InChI=1S/C30H31N5O5/c1-38-23-10-6-7-20(17-23)29(30(37)31-21-8-2-3-9-21)35(22-13-14-26-27(18-22)40-16-15-39-26)28(36)19-34-25-12-5-4-11-24(25)32-33-34/h4-7,10-14,17-18,21,29H,2-3,8-9,15-16,19H2,1H3,(H,31,37)/t29-/m1/s1. The van der Waals surface area contributed by atoms with Gasteiger partial charge in [0.25, 0.3) is 0 Å². The molecule has 0 spiro atoms. The first-order chi connectivity index (χ1) is 19.6. The molecule has 6 rings (SSSR count). The van der Waals surface area contributed by atoms with Crippen molar-refractivity contribution in [2.45, 2.75) is 44.3 Å². The van der Waals surface area contributed by atoms with Crippen LogP contribution >= 0.6 is 0 Å². The van der Waals surface area contributed by atoms with Crippen LogP contribution in [0.15, 0.2) is 66.7 Å². The van der Waals surface area contributed by atoms with Gasteiger partial charge in [-0.25, -0.2) is 4.68 Å². The summed E-state index contributed by atoms with van der Waals surface area (Å²) >= 11 is 0. The van der Waals surface area contributed by atoms with Crippen molar-refractivity contribution in [1.29, 1.82) is 0 Å². The van der Waals surface area contributed by atoms with Gasteiger partial charge < -0.3 is 19.5 Å². The Morgan fingerprint density at radius 2 is 1.82 bits per heavy atom. The number of methoxy groups -OCH3 is 1. The molecule has 2 amide bonds. The molecule has 1 aromatic heterocycles. The van der Waals surface area contributed by atoms with E-state index >= 15 is 0 Å². The van der Waals surface area contributed by atoms with E-state index in [0.29, 0.717) is 47.2 Å². The second kappa shape index (κ2) is 11.3. The van der Waals surface area contributed by atoms with Gasteiger partial charge in [0.1, 0.15) is 37.1 Å². The molecule has 10 heteroatoms. The topological polar surface area (TPSA) is 108 Å². The molecule has 0 bridgehead atoms. The van der Waals surface area contributed by atoms with E-state index in [-0.39, 0.29) is 24.4 Å². The van der Waals surface area contributed by atoms with Crippen LogP contribution in [0, 0.1) is 0 Å². The quantitative estimate of drug-likeness (QED) is 0.359. The summed E-state index contributed by atoms with van der Waals surface area (Å²) < 4.78 is 18.6. The van der Waals surface area contributed by atoms with Crippen LogP contribution in [0.4, 0.5) is 5.69 Å². The largest absolute Gasteiger partial charge is 0.497 e. The summed E-state index contributed by atoms with van der Waals surface area (Å²) in [6, 6.07) is 19.1. The minimum Gasteiger partial charge on any atom is -0.497 e. The molecule has 0 radical (unpaired) electrons. The summed E-state index contributed by atoms with van der Waals surface area (Å²) in [5, 5.41) is 11.6. The van der Waals surface area contributed by atoms with Gasteiger partial charge in [0.2, 0.25) is 11.8 Å². The number of benzene rings is 3. The monoisotopic (exact) mass is 541 g/mol. The maximum absolute atomic E-state index is 14.3. The zero-order chi connectivity index (χ0) is 27.5. The third-order valence-corrected chi connectivity index (χ3v) is 7.40. The van der Waals surface area contributed by atoms with E-state index in [4.69, 9.17) is 14.2 Å². The number of nitrogens with one attached hydrogen (secondary N) is 1. The van der Waals surface area contributed by atoms with Gasteiger partial charge in [0.15, 0.2) is 11.5 Å². The maximum Gasteiger partial charge on any atom is 0.249 e. The van der Waals surface area contributed by atoms with Gasteiger partial charge in [-0.15, -0.1) is 5.10 Å². The van der Waals surface area contributed by atoms with Gasteiger partial charge in [0, 0.05) is 17.8 Å². The van der Waals surface area contributed by atoms with Crippen molar-refractivity contribution in [3.05, 3.63) is 72.3 Å². The average molecular weight is 542 g/mol. The van der Waals surface area contributed by atoms with Crippen molar-refractivity contribution in [2.24, 2.45) is 0 Å². The number of nitrogens with zero attached hydrogens (tertiary/aromatic N) is 4. The first-order valence-electron chi connectivity index (χ1n) is 13.5. The van der Waals surface area contributed by atoms with E-state index in [0.717, 1.165) is 31.2 Å². The number of hydrogen-bond acceptors (Lipinski definition) is 7. The van der Waals surface area contributed by atoms with E-state index < -0.39 is 6.04 Å². The Hall–Kier alpha value is -4.60. The Morgan fingerprint density at radius 1 is 1.02 bits per heavy atom. The molecule has 40 heavy (non-hydrogen) atoms. The van der Waals surface area contributed by atoms with Crippen molar-refractivity contribution < 1.29 is 23.8 Å². The van der Waals surface area contributed by atoms with Crippen molar-refractivity contribution in [2.75, 3.05) is 25.2 Å². The first kappa shape index (κ1) is 25.7. The lowest BCUT2D eigenvalue weighted by molar-refractivity contribution is -0.127. The molecule has 4 aromatic rings. The minimum absolute atomic E-state index is 0.0667. The zero-order valence-corrected chi connectivity index (χ0v) is 22.3. The Bertz CT molecular complexity index is 1530. The first-order valence-corrected chi connectivity index (χ1v) is 13.5.